The fourth-order valence-electron chi connectivity index (χ4n) is 4.43. The second kappa shape index (κ2) is 7.74. The number of hydrogen-bond acceptors (Lipinski definition) is 4. The van der Waals surface area contributed by atoms with Crippen molar-refractivity contribution >= 4 is 43.0 Å². The number of rotatable bonds is 6. The smallest absolute Gasteiger partial charge is 0.294 e. The molecule has 2 aromatic heterocycles. The number of methoxy groups -OCH3 is 1. The number of imidazole rings is 1. The summed E-state index contributed by atoms with van der Waals surface area (Å²) in [7, 11) is -2.67. The predicted molar refractivity (Wildman–Crippen MR) is 126 cm³/mol. The summed E-state index contributed by atoms with van der Waals surface area (Å²) in [4.78, 5) is 4.58. The summed E-state index contributed by atoms with van der Waals surface area (Å²) in [6, 6.07) is 19.1. The van der Waals surface area contributed by atoms with Crippen LogP contribution in [0, 0.1) is 0 Å². The number of ether oxygens (including phenoxy) is 1. The lowest BCUT2D eigenvalue weighted by atomic mass is 10.1. The molecule has 0 aliphatic heterocycles. The maximum absolute atomic E-state index is 11.6. The van der Waals surface area contributed by atoms with Crippen LogP contribution in [0.4, 0.5) is 0 Å². The van der Waals surface area contributed by atoms with Crippen LogP contribution in [-0.2, 0) is 27.9 Å². The SMILES string of the molecule is CCn1c2ccccc2c2cc(-c3nc4cc(S(=O)(=O)O)ccc4n3CCOC)ccc21. The Morgan fingerprint density at radius 3 is 2.44 bits per heavy atom. The van der Waals surface area contributed by atoms with Crippen LogP contribution in [0.15, 0.2) is 65.6 Å². The first-order valence-electron chi connectivity index (χ1n) is 10.4. The Morgan fingerprint density at radius 1 is 0.938 bits per heavy atom. The van der Waals surface area contributed by atoms with Crippen LogP contribution in [0.2, 0.25) is 0 Å². The van der Waals surface area contributed by atoms with Gasteiger partial charge in [-0.25, -0.2) is 4.98 Å². The second-order valence-corrected chi connectivity index (χ2v) is 9.12. The molecule has 0 spiro atoms. The van der Waals surface area contributed by atoms with Crippen LogP contribution in [0.25, 0.3) is 44.2 Å². The molecule has 5 rings (SSSR count). The van der Waals surface area contributed by atoms with E-state index in [-0.39, 0.29) is 4.90 Å². The molecule has 2 heterocycles. The summed E-state index contributed by atoms with van der Waals surface area (Å²) in [5.41, 5.74) is 4.55. The number of nitrogens with zero attached hydrogens (tertiary/aromatic N) is 3. The normalized spacial score (nSPS) is 12.3. The van der Waals surface area contributed by atoms with Crippen LogP contribution >= 0.6 is 0 Å². The first-order valence-corrected chi connectivity index (χ1v) is 11.8. The van der Waals surface area contributed by atoms with Crippen LogP contribution in [0.5, 0.6) is 0 Å². The number of aromatic nitrogens is 3. The number of para-hydroxylation sites is 1. The Morgan fingerprint density at radius 2 is 1.69 bits per heavy atom. The van der Waals surface area contributed by atoms with E-state index in [0.717, 1.165) is 34.4 Å². The van der Waals surface area contributed by atoms with Gasteiger partial charge in [-0.2, -0.15) is 8.42 Å². The lowest BCUT2D eigenvalue weighted by Crippen LogP contribution is -2.06. The number of aryl methyl sites for hydroxylation is 1. The number of fused-ring (bicyclic) bond motifs is 4. The highest BCUT2D eigenvalue weighted by atomic mass is 32.2. The van der Waals surface area contributed by atoms with Gasteiger partial charge in [0.05, 0.1) is 22.5 Å². The van der Waals surface area contributed by atoms with Crippen LogP contribution < -0.4 is 0 Å². The van der Waals surface area contributed by atoms with Gasteiger partial charge in [-0.1, -0.05) is 18.2 Å². The number of benzene rings is 3. The largest absolute Gasteiger partial charge is 0.383 e. The summed E-state index contributed by atoms with van der Waals surface area (Å²) >= 11 is 0. The van der Waals surface area contributed by atoms with E-state index in [1.165, 1.54) is 23.0 Å². The molecule has 0 saturated heterocycles. The van der Waals surface area contributed by atoms with Crippen LogP contribution in [0.1, 0.15) is 6.92 Å². The molecular weight excluding hydrogens is 426 g/mol. The summed E-state index contributed by atoms with van der Waals surface area (Å²) < 4.78 is 42.3. The van der Waals surface area contributed by atoms with Crippen molar-refractivity contribution in [1.29, 1.82) is 0 Å². The molecule has 0 aliphatic carbocycles. The molecule has 8 heteroatoms. The third kappa shape index (κ3) is 3.28. The van der Waals surface area contributed by atoms with Crippen molar-refractivity contribution in [1.82, 2.24) is 14.1 Å². The summed E-state index contributed by atoms with van der Waals surface area (Å²) in [6.45, 7) is 4.04. The Kier molecular flexibility index (Phi) is 5.00. The number of hydrogen-bond donors (Lipinski definition) is 1. The average molecular weight is 450 g/mol. The second-order valence-electron chi connectivity index (χ2n) is 7.70. The fraction of sp³-hybridized carbons (Fsp3) is 0.208. The highest BCUT2D eigenvalue weighted by Crippen LogP contribution is 2.34. The zero-order chi connectivity index (χ0) is 22.5. The fourth-order valence-corrected chi connectivity index (χ4v) is 4.93. The van der Waals surface area contributed by atoms with Gasteiger partial charge in [0.2, 0.25) is 0 Å². The molecule has 0 aliphatic rings. The quantitative estimate of drug-likeness (QED) is 0.379. The van der Waals surface area contributed by atoms with Crippen LogP contribution in [0.3, 0.4) is 0 Å². The Bertz CT molecular complexity index is 1580. The molecule has 7 nitrogen and oxygen atoms in total. The summed E-state index contributed by atoms with van der Waals surface area (Å²) in [5, 5.41) is 2.32. The standard InChI is InChI=1S/C24H23N3O4S/c1-3-26-21-7-5-4-6-18(21)19-14-16(8-10-22(19)26)24-25-20-15-17(32(28,29)30)9-11-23(20)27(24)12-13-31-2/h4-11,14-15H,3,12-13H2,1-2H3,(H,28,29,30). The zero-order valence-corrected chi connectivity index (χ0v) is 18.6. The molecule has 164 valence electrons. The van der Waals surface area contributed by atoms with Gasteiger partial charge in [0, 0.05) is 47.6 Å². The van der Waals surface area contributed by atoms with Gasteiger partial charge in [-0.05, 0) is 49.4 Å². The maximum atomic E-state index is 11.6. The lowest BCUT2D eigenvalue weighted by molar-refractivity contribution is 0.188. The van der Waals surface area contributed by atoms with Gasteiger partial charge in [-0.15, -0.1) is 0 Å². The van der Waals surface area contributed by atoms with Crippen molar-refractivity contribution in [3.63, 3.8) is 0 Å². The molecule has 0 atom stereocenters. The molecule has 0 saturated carbocycles. The maximum Gasteiger partial charge on any atom is 0.294 e. The molecule has 0 amide bonds. The molecule has 3 aromatic carbocycles. The van der Waals surface area contributed by atoms with Crippen molar-refractivity contribution in [3.8, 4) is 11.4 Å². The van der Waals surface area contributed by atoms with Crippen molar-refractivity contribution in [2.45, 2.75) is 24.9 Å². The lowest BCUT2D eigenvalue weighted by Gasteiger charge is -2.09. The minimum atomic E-state index is -4.31. The Hall–Kier alpha value is -3.20. The van der Waals surface area contributed by atoms with E-state index in [2.05, 4.69) is 35.8 Å². The molecular formula is C24H23N3O4S. The first-order chi connectivity index (χ1) is 15.4. The van der Waals surface area contributed by atoms with E-state index in [9.17, 15) is 13.0 Å². The van der Waals surface area contributed by atoms with E-state index in [4.69, 9.17) is 9.72 Å². The van der Waals surface area contributed by atoms with Gasteiger partial charge >= 0.3 is 0 Å². The zero-order valence-electron chi connectivity index (χ0n) is 17.8. The summed E-state index contributed by atoms with van der Waals surface area (Å²) in [6.07, 6.45) is 0. The van der Waals surface area contributed by atoms with Crippen molar-refractivity contribution < 1.29 is 17.7 Å². The van der Waals surface area contributed by atoms with Crippen molar-refractivity contribution in [3.05, 3.63) is 60.7 Å². The van der Waals surface area contributed by atoms with Gasteiger partial charge in [0.25, 0.3) is 10.1 Å². The topological polar surface area (TPSA) is 86.4 Å². The van der Waals surface area contributed by atoms with Gasteiger partial charge < -0.3 is 13.9 Å². The third-order valence-electron chi connectivity index (χ3n) is 5.88. The van der Waals surface area contributed by atoms with Crippen molar-refractivity contribution in [2.24, 2.45) is 0 Å². The first kappa shape index (κ1) is 20.7. The van der Waals surface area contributed by atoms with E-state index < -0.39 is 10.1 Å². The molecule has 5 aromatic rings. The molecule has 0 radical (unpaired) electrons. The van der Waals surface area contributed by atoms with E-state index in [0.29, 0.717) is 18.7 Å². The monoisotopic (exact) mass is 449 g/mol. The summed E-state index contributed by atoms with van der Waals surface area (Å²) in [5.74, 6) is 0.722. The Balaban J connectivity index is 1.76. The van der Waals surface area contributed by atoms with Crippen LogP contribution in [-0.4, -0.2) is 40.8 Å². The van der Waals surface area contributed by atoms with Gasteiger partial charge in [0.15, 0.2) is 0 Å². The van der Waals surface area contributed by atoms with E-state index in [1.807, 2.05) is 22.8 Å². The third-order valence-corrected chi connectivity index (χ3v) is 6.73. The molecule has 1 N–H and O–H groups in total. The average Bonchev–Trinajstić information content (AvgIpc) is 3.31. The van der Waals surface area contributed by atoms with Gasteiger partial charge in [-0.3, -0.25) is 4.55 Å². The highest BCUT2D eigenvalue weighted by molar-refractivity contribution is 7.85. The minimum absolute atomic E-state index is 0.172. The molecule has 32 heavy (non-hydrogen) atoms. The van der Waals surface area contributed by atoms with E-state index in [1.54, 1.807) is 13.2 Å². The molecule has 0 bridgehead atoms. The molecule has 0 fully saturated rings. The van der Waals surface area contributed by atoms with Gasteiger partial charge in [0.1, 0.15) is 5.82 Å². The Labute approximate surface area is 185 Å². The van der Waals surface area contributed by atoms with Crippen molar-refractivity contribution in [2.75, 3.05) is 13.7 Å². The molecule has 0 unspecified atom stereocenters. The van der Waals surface area contributed by atoms with E-state index >= 15 is 0 Å². The minimum Gasteiger partial charge on any atom is -0.383 e. The predicted octanol–water partition coefficient (Wildman–Crippen LogP) is 4.72. The highest BCUT2D eigenvalue weighted by Gasteiger charge is 2.18.